The monoisotopic (exact) mass is 470 g/mol. The minimum atomic E-state index is -4.37. The molecular formula is C25H37F3N2O3. The number of rotatable bonds is 6. The van der Waals surface area contributed by atoms with Crippen molar-refractivity contribution in [2.24, 2.45) is 11.8 Å². The average molecular weight is 471 g/mol. The third kappa shape index (κ3) is 7.69. The summed E-state index contributed by atoms with van der Waals surface area (Å²) in [7, 11) is 3.25. The lowest BCUT2D eigenvalue weighted by Gasteiger charge is -2.32. The highest BCUT2D eigenvalue weighted by Gasteiger charge is 2.35. The summed E-state index contributed by atoms with van der Waals surface area (Å²) in [6, 6.07) is 4.99. The first-order chi connectivity index (χ1) is 15.7. The molecule has 1 aromatic rings. The summed E-state index contributed by atoms with van der Waals surface area (Å²) in [6.07, 6.45) is 1.06. The van der Waals surface area contributed by atoms with Crippen molar-refractivity contribution in [3.63, 3.8) is 0 Å². The average Bonchev–Trinajstić information content (AvgIpc) is 3.52. The molecule has 2 N–H and O–H groups in total. The standard InChI is InChI=1S/C23H31F3N2O2.C2H6O/c1-14-13-30-7-6-21(14)28-20-5-4-17(11-20)22(29)27-12-15-8-18(16-2-3-16)10-19(9-15)23(24,25)26;1-3-2/h8-10,14,16-17,20-21,28H,2-7,11-13H2,1H3,(H,27,29);1-2H3/t14?,17?,20-,21?;/m1./s1. The highest BCUT2D eigenvalue weighted by atomic mass is 19.4. The fourth-order valence-electron chi connectivity index (χ4n) is 4.77. The van der Waals surface area contributed by atoms with Crippen molar-refractivity contribution in [2.45, 2.75) is 76.2 Å². The van der Waals surface area contributed by atoms with E-state index in [0.717, 1.165) is 63.4 Å². The predicted molar refractivity (Wildman–Crippen MR) is 121 cm³/mol. The van der Waals surface area contributed by atoms with Gasteiger partial charge in [0.15, 0.2) is 0 Å². The number of benzene rings is 1. The van der Waals surface area contributed by atoms with Gasteiger partial charge >= 0.3 is 6.18 Å². The van der Waals surface area contributed by atoms with Crippen LogP contribution in [0.1, 0.15) is 68.1 Å². The van der Waals surface area contributed by atoms with E-state index < -0.39 is 11.7 Å². The molecule has 0 aromatic heterocycles. The van der Waals surface area contributed by atoms with Crippen molar-refractivity contribution < 1.29 is 27.4 Å². The van der Waals surface area contributed by atoms with Crippen molar-refractivity contribution in [3.05, 3.63) is 34.9 Å². The molecule has 1 amide bonds. The van der Waals surface area contributed by atoms with E-state index >= 15 is 0 Å². The Kier molecular flexibility index (Phi) is 9.18. The maximum Gasteiger partial charge on any atom is 0.416 e. The maximum atomic E-state index is 13.2. The van der Waals surface area contributed by atoms with Crippen LogP contribution in [0.2, 0.25) is 0 Å². The lowest BCUT2D eigenvalue weighted by Crippen LogP contribution is -2.45. The molecule has 1 saturated heterocycles. The molecule has 4 atom stereocenters. The number of halogens is 3. The molecule has 186 valence electrons. The fraction of sp³-hybridized carbons (Fsp3) is 0.720. The van der Waals surface area contributed by atoms with Crippen LogP contribution in [0.25, 0.3) is 0 Å². The number of carbonyl (C=O) groups is 1. The summed E-state index contributed by atoms with van der Waals surface area (Å²) in [5.41, 5.74) is 0.653. The van der Waals surface area contributed by atoms with Gasteiger partial charge in [-0.1, -0.05) is 13.0 Å². The Morgan fingerprint density at radius 1 is 1.12 bits per heavy atom. The molecule has 1 aliphatic heterocycles. The van der Waals surface area contributed by atoms with E-state index in [-0.39, 0.29) is 24.3 Å². The number of carbonyl (C=O) groups excluding carboxylic acids is 1. The van der Waals surface area contributed by atoms with E-state index in [9.17, 15) is 18.0 Å². The Hall–Kier alpha value is -1.64. The first-order valence-electron chi connectivity index (χ1n) is 11.9. The second kappa shape index (κ2) is 11.7. The number of ether oxygens (including phenoxy) is 2. The molecule has 0 spiro atoms. The van der Waals surface area contributed by atoms with Gasteiger partial charge in [0.2, 0.25) is 5.91 Å². The van der Waals surface area contributed by atoms with Crippen molar-refractivity contribution in [3.8, 4) is 0 Å². The first kappa shape index (κ1) is 26.0. The van der Waals surface area contributed by atoms with E-state index in [1.54, 1.807) is 14.2 Å². The van der Waals surface area contributed by atoms with Gasteiger partial charge < -0.3 is 20.1 Å². The highest BCUT2D eigenvalue weighted by molar-refractivity contribution is 5.79. The fourth-order valence-corrected chi connectivity index (χ4v) is 4.77. The van der Waals surface area contributed by atoms with E-state index in [4.69, 9.17) is 4.74 Å². The van der Waals surface area contributed by atoms with Crippen molar-refractivity contribution in [2.75, 3.05) is 27.4 Å². The van der Waals surface area contributed by atoms with Gasteiger partial charge in [0.25, 0.3) is 0 Å². The van der Waals surface area contributed by atoms with Crippen LogP contribution in [0.5, 0.6) is 0 Å². The maximum absolute atomic E-state index is 13.2. The molecule has 2 saturated carbocycles. The van der Waals surface area contributed by atoms with Crippen molar-refractivity contribution in [1.82, 2.24) is 10.6 Å². The van der Waals surface area contributed by atoms with Crippen LogP contribution in [0.15, 0.2) is 18.2 Å². The van der Waals surface area contributed by atoms with Gasteiger partial charge in [-0.05, 0) is 73.6 Å². The van der Waals surface area contributed by atoms with Crippen LogP contribution in [0.4, 0.5) is 13.2 Å². The minimum Gasteiger partial charge on any atom is -0.388 e. The number of alkyl halides is 3. The van der Waals surface area contributed by atoms with E-state index in [1.807, 2.05) is 6.07 Å². The first-order valence-corrected chi connectivity index (χ1v) is 11.9. The van der Waals surface area contributed by atoms with Crippen LogP contribution in [-0.4, -0.2) is 45.4 Å². The van der Waals surface area contributed by atoms with Crippen LogP contribution in [0.3, 0.4) is 0 Å². The number of amides is 1. The number of nitrogens with one attached hydrogen (secondary N) is 2. The Labute approximate surface area is 194 Å². The molecule has 3 fully saturated rings. The topological polar surface area (TPSA) is 59.6 Å². The van der Waals surface area contributed by atoms with Crippen LogP contribution >= 0.6 is 0 Å². The zero-order valence-electron chi connectivity index (χ0n) is 19.8. The van der Waals surface area contributed by atoms with Gasteiger partial charge in [0.05, 0.1) is 12.2 Å². The van der Waals surface area contributed by atoms with Crippen molar-refractivity contribution in [1.29, 1.82) is 0 Å². The normalized spacial score (nSPS) is 27.6. The molecule has 3 aliphatic rings. The molecule has 0 radical (unpaired) electrons. The molecule has 2 aliphatic carbocycles. The Morgan fingerprint density at radius 2 is 1.85 bits per heavy atom. The molecular weight excluding hydrogens is 433 g/mol. The molecule has 4 rings (SSSR count). The second-order valence-electron chi connectivity index (χ2n) is 9.68. The van der Waals surface area contributed by atoms with Gasteiger partial charge in [0.1, 0.15) is 0 Å². The molecule has 1 aromatic carbocycles. The molecule has 33 heavy (non-hydrogen) atoms. The van der Waals surface area contributed by atoms with Crippen LogP contribution in [0, 0.1) is 11.8 Å². The van der Waals surface area contributed by atoms with E-state index in [1.165, 1.54) is 6.07 Å². The number of methoxy groups -OCH3 is 1. The highest BCUT2D eigenvalue weighted by Crippen LogP contribution is 2.42. The number of hydrogen-bond donors (Lipinski definition) is 2. The van der Waals surface area contributed by atoms with E-state index in [0.29, 0.717) is 23.6 Å². The van der Waals surface area contributed by atoms with Crippen LogP contribution < -0.4 is 10.6 Å². The Morgan fingerprint density at radius 3 is 2.48 bits per heavy atom. The van der Waals surface area contributed by atoms with E-state index in [2.05, 4.69) is 22.3 Å². The third-order valence-corrected chi connectivity index (χ3v) is 6.75. The Bertz CT molecular complexity index is 783. The largest absolute Gasteiger partial charge is 0.416 e. The predicted octanol–water partition coefficient (Wildman–Crippen LogP) is 4.64. The molecule has 3 unspecified atom stereocenters. The molecule has 1 heterocycles. The lowest BCUT2D eigenvalue weighted by molar-refractivity contribution is -0.137. The van der Waals surface area contributed by atoms with Gasteiger partial charge in [-0.3, -0.25) is 4.79 Å². The summed E-state index contributed by atoms with van der Waals surface area (Å²) in [4.78, 5) is 12.7. The number of hydrogen-bond acceptors (Lipinski definition) is 4. The Balaban J connectivity index is 0.000000968. The molecule has 8 heteroatoms. The minimum absolute atomic E-state index is 0.0512. The molecule has 5 nitrogen and oxygen atoms in total. The summed E-state index contributed by atoms with van der Waals surface area (Å²) in [5.74, 6) is 0.570. The molecule has 0 bridgehead atoms. The van der Waals surface area contributed by atoms with Gasteiger partial charge in [-0.25, -0.2) is 0 Å². The summed E-state index contributed by atoms with van der Waals surface area (Å²) < 4.78 is 49.5. The zero-order chi connectivity index (χ0) is 24.0. The summed E-state index contributed by atoms with van der Waals surface area (Å²) in [5, 5.41) is 6.58. The summed E-state index contributed by atoms with van der Waals surface area (Å²) >= 11 is 0. The zero-order valence-corrected chi connectivity index (χ0v) is 19.8. The van der Waals surface area contributed by atoms with Gasteiger partial charge in [-0.15, -0.1) is 0 Å². The van der Waals surface area contributed by atoms with Crippen LogP contribution in [-0.2, 0) is 27.0 Å². The van der Waals surface area contributed by atoms with Crippen molar-refractivity contribution >= 4 is 5.91 Å². The lowest BCUT2D eigenvalue weighted by atomic mass is 9.96. The van der Waals surface area contributed by atoms with Gasteiger partial charge in [0, 0.05) is 45.4 Å². The SMILES string of the molecule is CC1COCCC1N[C@@H]1CCC(C(=O)NCc2cc(C3CC3)cc(C(F)(F)F)c2)C1.COC. The quantitative estimate of drug-likeness (QED) is 0.636. The summed E-state index contributed by atoms with van der Waals surface area (Å²) in [6.45, 7) is 3.88. The smallest absolute Gasteiger partial charge is 0.388 e. The second-order valence-corrected chi connectivity index (χ2v) is 9.68. The third-order valence-electron chi connectivity index (χ3n) is 6.75. The van der Waals surface area contributed by atoms with Gasteiger partial charge in [-0.2, -0.15) is 13.2 Å².